The van der Waals surface area contributed by atoms with E-state index in [1.807, 2.05) is 6.20 Å². The van der Waals surface area contributed by atoms with Crippen LogP contribution in [0, 0.1) is 0 Å². The Kier molecular flexibility index (Phi) is 3.61. The number of nitrogens with zero attached hydrogens (tertiary/aromatic N) is 3. The van der Waals surface area contributed by atoms with Gasteiger partial charge in [0.1, 0.15) is 5.82 Å². The summed E-state index contributed by atoms with van der Waals surface area (Å²) in [5, 5.41) is 0. The Bertz CT molecular complexity index is 354. The van der Waals surface area contributed by atoms with Crippen molar-refractivity contribution in [3.63, 3.8) is 0 Å². The molecule has 18 heavy (non-hydrogen) atoms. The molecule has 3 rings (SSSR count). The standard InChI is InChI=1S/C13H19N3O2/c1-2-14-13(16-5-9-18-10-6-16)11-12(1)15-3-7-17-8-4-15/h1-2,11H,3-10H2. The van der Waals surface area contributed by atoms with E-state index in [0.29, 0.717) is 0 Å². The van der Waals surface area contributed by atoms with E-state index in [1.54, 1.807) is 0 Å². The highest BCUT2D eigenvalue weighted by molar-refractivity contribution is 5.55. The summed E-state index contributed by atoms with van der Waals surface area (Å²) in [4.78, 5) is 9.11. The predicted molar refractivity (Wildman–Crippen MR) is 70.3 cm³/mol. The molecule has 0 aliphatic carbocycles. The van der Waals surface area contributed by atoms with Crippen LogP contribution in [0.25, 0.3) is 0 Å². The molecule has 0 unspecified atom stereocenters. The molecule has 5 nitrogen and oxygen atoms in total. The maximum absolute atomic E-state index is 5.38. The van der Waals surface area contributed by atoms with Crippen molar-refractivity contribution in [2.75, 3.05) is 62.4 Å². The van der Waals surface area contributed by atoms with Crippen molar-refractivity contribution in [1.29, 1.82) is 0 Å². The highest BCUT2D eigenvalue weighted by Crippen LogP contribution is 2.21. The first kappa shape index (κ1) is 11.7. The van der Waals surface area contributed by atoms with Gasteiger partial charge in [-0.25, -0.2) is 4.98 Å². The molecule has 2 aliphatic rings. The van der Waals surface area contributed by atoms with E-state index >= 15 is 0 Å². The zero-order chi connectivity index (χ0) is 12.2. The number of ether oxygens (including phenoxy) is 2. The Hall–Kier alpha value is -1.33. The Morgan fingerprint density at radius 3 is 2.17 bits per heavy atom. The molecule has 0 aromatic carbocycles. The molecule has 3 heterocycles. The number of anilines is 2. The molecule has 2 fully saturated rings. The summed E-state index contributed by atoms with van der Waals surface area (Å²) < 4.78 is 10.8. The minimum Gasteiger partial charge on any atom is -0.378 e. The van der Waals surface area contributed by atoms with E-state index in [2.05, 4.69) is 26.9 Å². The molecule has 2 saturated heterocycles. The van der Waals surface area contributed by atoms with Crippen LogP contribution in [0.3, 0.4) is 0 Å². The van der Waals surface area contributed by atoms with Crippen molar-refractivity contribution in [2.24, 2.45) is 0 Å². The maximum Gasteiger partial charge on any atom is 0.130 e. The lowest BCUT2D eigenvalue weighted by Gasteiger charge is -2.31. The summed E-state index contributed by atoms with van der Waals surface area (Å²) in [6, 6.07) is 4.26. The average molecular weight is 249 g/mol. The molecule has 0 amide bonds. The molecule has 0 atom stereocenters. The summed E-state index contributed by atoms with van der Waals surface area (Å²) in [6.07, 6.45) is 1.90. The molecule has 98 valence electrons. The van der Waals surface area contributed by atoms with Crippen LogP contribution in [0.15, 0.2) is 18.3 Å². The second-order valence-corrected chi connectivity index (χ2v) is 4.57. The summed E-state index contributed by atoms with van der Waals surface area (Å²) in [5.41, 5.74) is 1.25. The van der Waals surface area contributed by atoms with E-state index in [4.69, 9.17) is 9.47 Å². The van der Waals surface area contributed by atoms with Gasteiger partial charge in [-0.2, -0.15) is 0 Å². The van der Waals surface area contributed by atoms with Gasteiger partial charge in [0, 0.05) is 44.1 Å². The number of morpholine rings is 2. The number of hydrogen-bond acceptors (Lipinski definition) is 5. The van der Waals surface area contributed by atoms with Crippen molar-refractivity contribution in [2.45, 2.75) is 0 Å². The summed E-state index contributed by atoms with van der Waals surface area (Å²) in [7, 11) is 0. The molecular weight excluding hydrogens is 230 g/mol. The van der Waals surface area contributed by atoms with Crippen molar-refractivity contribution < 1.29 is 9.47 Å². The van der Waals surface area contributed by atoms with Gasteiger partial charge in [0.25, 0.3) is 0 Å². The highest BCUT2D eigenvalue weighted by atomic mass is 16.5. The Labute approximate surface area is 107 Å². The molecule has 0 saturated carbocycles. The van der Waals surface area contributed by atoms with Crippen LogP contribution in [0.2, 0.25) is 0 Å². The SMILES string of the molecule is c1cc(N2CCOCC2)cc(N2CCOCC2)n1. The first-order chi connectivity index (χ1) is 8.93. The molecule has 0 radical (unpaired) electrons. The zero-order valence-electron chi connectivity index (χ0n) is 10.5. The van der Waals surface area contributed by atoms with Crippen molar-refractivity contribution in [3.05, 3.63) is 18.3 Å². The lowest BCUT2D eigenvalue weighted by Crippen LogP contribution is -2.38. The average Bonchev–Trinajstić information content (AvgIpc) is 2.49. The van der Waals surface area contributed by atoms with E-state index in [-0.39, 0.29) is 0 Å². The minimum atomic E-state index is 0.795. The third kappa shape index (κ3) is 2.57. The van der Waals surface area contributed by atoms with Gasteiger partial charge < -0.3 is 19.3 Å². The molecule has 5 heteroatoms. The lowest BCUT2D eigenvalue weighted by atomic mass is 10.3. The Morgan fingerprint density at radius 1 is 0.889 bits per heavy atom. The molecule has 0 spiro atoms. The predicted octanol–water partition coefficient (Wildman–Crippen LogP) is 0.755. The van der Waals surface area contributed by atoms with Crippen molar-refractivity contribution in [1.82, 2.24) is 4.98 Å². The summed E-state index contributed by atoms with van der Waals surface area (Å²) in [6.45, 7) is 7.01. The van der Waals surface area contributed by atoms with Gasteiger partial charge in [0.05, 0.1) is 26.4 Å². The largest absolute Gasteiger partial charge is 0.378 e. The molecule has 2 aliphatic heterocycles. The lowest BCUT2D eigenvalue weighted by molar-refractivity contribution is 0.122. The highest BCUT2D eigenvalue weighted by Gasteiger charge is 2.15. The first-order valence-corrected chi connectivity index (χ1v) is 6.55. The number of hydrogen-bond donors (Lipinski definition) is 0. The smallest absolute Gasteiger partial charge is 0.130 e. The van der Waals surface area contributed by atoms with Crippen LogP contribution in [0.4, 0.5) is 11.5 Å². The van der Waals surface area contributed by atoms with E-state index in [1.165, 1.54) is 5.69 Å². The fraction of sp³-hybridized carbons (Fsp3) is 0.615. The third-order valence-electron chi connectivity index (χ3n) is 3.44. The second-order valence-electron chi connectivity index (χ2n) is 4.57. The van der Waals surface area contributed by atoms with Gasteiger partial charge in [-0.05, 0) is 6.07 Å². The van der Waals surface area contributed by atoms with Gasteiger partial charge in [0.2, 0.25) is 0 Å². The van der Waals surface area contributed by atoms with Crippen LogP contribution in [0.1, 0.15) is 0 Å². The van der Waals surface area contributed by atoms with Crippen LogP contribution in [0.5, 0.6) is 0 Å². The minimum absolute atomic E-state index is 0.795. The normalized spacial score (nSPS) is 21.1. The van der Waals surface area contributed by atoms with E-state index < -0.39 is 0 Å². The van der Waals surface area contributed by atoms with Gasteiger partial charge in [0.15, 0.2) is 0 Å². The Balaban J connectivity index is 1.75. The topological polar surface area (TPSA) is 37.8 Å². The fourth-order valence-electron chi connectivity index (χ4n) is 2.39. The number of rotatable bonds is 2. The van der Waals surface area contributed by atoms with Gasteiger partial charge in [-0.15, -0.1) is 0 Å². The monoisotopic (exact) mass is 249 g/mol. The van der Waals surface area contributed by atoms with Gasteiger partial charge >= 0.3 is 0 Å². The van der Waals surface area contributed by atoms with Crippen LogP contribution in [-0.2, 0) is 9.47 Å². The zero-order valence-corrected chi connectivity index (χ0v) is 10.5. The second kappa shape index (κ2) is 5.54. The van der Waals surface area contributed by atoms with E-state index in [0.717, 1.165) is 58.4 Å². The van der Waals surface area contributed by atoms with Crippen LogP contribution < -0.4 is 9.80 Å². The first-order valence-electron chi connectivity index (χ1n) is 6.55. The Morgan fingerprint density at radius 2 is 1.50 bits per heavy atom. The summed E-state index contributed by atoms with van der Waals surface area (Å²) in [5.74, 6) is 1.06. The van der Waals surface area contributed by atoms with Gasteiger partial charge in [-0.1, -0.05) is 0 Å². The van der Waals surface area contributed by atoms with Crippen LogP contribution >= 0.6 is 0 Å². The summed E-state index contributed by atoms with van der Waals surface area (Å²) >= 11 is 0. The van der Waals surface area contributed by atoms with Crippen LogP contribution in [-0.4, -0.2) is 57.6 Å². The molecule has 1 aromatic heterocycles. The molecule has 1 aromatic rings. The number of pyridine rings is 1. The molecule has 0 bridgehead atoms. The quantitative estimate of drug-likeness (QED) is 0.773. The third-order valence-corrected chi connectivity index (χ3v) is 3.44. The number of aromatic nitrogens is 1. The fourth-order valence-corrected chi connectivity index (χ4v) is 2.39. The van der Waals surface area contributed by atoms with E-state index in [9.17, 15) is 0 Å². The van der Waals surface area contributed by atoms with Gasteiger partial charge in [-0.3, -0.25) is 0 Å². The molecule has 0 N–H and O–H groups in total. The van der Waals surface area contributed by atoms with Crippen molar-refractivity contribution >= 4 is 11.5 Å². The van der Waals surface area contributed by atoms with Crippen molar-refractivity contribution in [3.8, 4) is 0 Å². The molecular formula is C13H19N3O2. The maximum atomic E-state index is 5.38.